The number of nitrogens with one attached hydrogen (secondary N) is 1. The van der Waals surface area contributed by atoms with Gasteiger partial charge in [0.05, 0.1) is 6.04 Å². The van der Waals surface area contributed by atoms with Crippen LogP contribution in [0.3, 0.4) is 0 Å². The van der Waals surface area contributed by atoms with Gasteiger partial charge in [0.1, 0.15) is 5.60 Å². The van der Waals surface area contributed by atoms with Gasteiger partial charge in [-0.25, -0.2) is 4.79 Å². The van der Waals surface area contributed by atoms with E-state index in [0.717, 1.165) is 17.2 Å². The summed E-state index contributed by atoms with van der Waals surface area (Å²) in [6.07, 6.45) is -0.258. The minimum absolute atomic E-state index is 0.234. The third-order valence-electron chi connectivity index (χ3n) is 3.28. The number of benzene rings is 1. The molecule has 1 aromatic rings. The molecule has 0 saturated carbocycles. The summed E-state index contributed by atoms with van der Waals surface area (Å²) in [5.74, 6) is 1.52. The molecule has 1 aromatic carbocycles. The fourth-order valence-electron chi connectivity index (χ4n) is 2.27. The van der Waals surface area contributed by atoms with Crippen LogP contribution in [0, 0.1) is 0 Å². The smallest absolute Gasteiger partial charge is 0.410 e. The first-order chi connectivity index (χ1) is 9.90. The van der Waals surface area contributed by atoms with Gasteiger partial charge in [0, 0.05) is 24.8 Å². The van der Waals surface area contributed by atoms with Gasteiger partial charge in [-0.1, -0.05) is 0 Å². The highest BCUT2D eigenvalue weighted by Crippen LogP contribution is 2.34. The summed E-state index contributed by atoms with van der Waals surface area (Å²) in [7, 11) is 0. The van der Waals surface area contributed by atoms with E-state index in [0.29, 0.717) is 13.1 Å². The SMILES string of the molecule is CC(C)(C)OC(=O)N1CC(Nc2ccc3c(c2)OCO3)C1. The van der Waals surface area contributed by atoms with Crippen LogP contribution in [0.1, 0.15) is 20.8 Å². The summed E-state index contributed by atoms with van der Waals surface area (Å²) in [6, 6.07) is 5.98. The lowest BCUT2D eigenvalue weighted by Crippen LogP contribution is -2.57. The van der Waals surface area contributed by atoms with Crippen molar-refractivity contribution in [2.45, 2.75) is 32.4 Å². The molecule has 1 fully saturated rings. The van der Waals surface area contributed by atoms with Gasteiger partial charge >= 0.3 is 6.09 Å². The first-order valence-electron chi connectivity index (χ1n) is 7.05. The van der Waals surface area contributed by atoms with Crippen LogP contribution in [0.15, 0.2) is 18.2 Å². The van der Waals surface area contributed by atoms with Crippen molar-refractivity contribution in [3.05, 3.63) is 18.2 Å². The summed E-state index contributed by atoms with van der Waals surface area (Å²) in [6.45, 7) is 7.16. The second-order valence-corrected chi connectivity index (χ2v) is 6.29. The predicted octanol–water partition coefficient (Wildman–Crippen LogP) is 2.45. The van der Waals surface area contributed by atoms with E-state index in [2.05, 4.69) is 5.32 Å². The third kappa shape index (κ3) is 3.15. The molecule has 1 saturated heterocycles. The number of amides is 1. The molecule has 114 valence electrons. The quantitative estimate of drug-likeness (QED) is 0.907. The topological polar surface area (TPSA) is 60.0 Å². The van der Waals surface area contributed by atoms with Gasteiger partial charge in [-0.05, 0) is 32.9 Å². The van der Waals surface area contributed by atoms with Crippen molar-refractivity contribution in [2.75, 3.05) is 25.2 Å². The maximum atomic E-state index is 11.8. The highest BCUT2D eigenvalue weighted by atomic mass is 16.7. The molecule has 3 rings (SSSR count). The van der Waals surface area contributed by atoms with Crippen molar-refractivity contribution < 1.29 is 19.0 Å². The Morgan fingerprint density at radius 3 is 2.71 bits per heavy atom. The van der Waals surface area contributed by atoms with Crippen LogP contribution in [0.2, 0.25) is 0 Å². The van der Waals surface area contributed by atoms with E-state index in [9.17, 15) is 4.79 Å². The number of hydrogen-bond acceptors (Lipinski definition) is 5. The summed E-state index contributed by atoms with van der Waals surface area (Å²) in [5, 5.41) is 3.37. The van der Waals surface area contributed by atoms with Gasteiger partial charge in [0.2, 0.25) is 6.79 Å². The highest BCUT2D eigenvalue weighted by Gasteiger charge is 2.33. The molecule has 0 aliphatic carbocycles. The Bertz CT molecular complexity index is 547. The minimum Gasteiger partial charge on any atom is -0.454 e. The molecule has 6 nitrogen and oxygen atoms in total. The summed E-state index contributed by atoms with van der Waals surface area (Å²) >= 11 is 0. The van der Waals surface area contributed by atoms with E-state index >= 15 is 0 Å². The van der Waals surface area contributed by atoms with Gasteiger partial charge in [-0.3, -0.25) is 0 Å². The second-order valence-electron chi connectivity index (χ2n) is 6.29. The largest absolute Gasteiger partial charge is 0.454 e. The number of ether oxygens (including phenoxy) is 3. The molecule has 0 aromatic heterocycles. The van der Waals surface area contributed by atoms with Gasteiger partial charge in [-0.15, -0.1) is 0 Å². The number of carbonyl (C=O) groups is 1. The van der Waals surface area contributed by atoms with Crippen molar-refractivity contribution in [1.82, 2.24) is 4.90 Å². The molecule has 1 N–H and O–H groups in total. The zero-order valence-electron chi connectivity index (χ0n) is 12.5. The molecule has 2 aliphatic heterocycles. The van der Waals surface area contributed by atoms with E-state index in [1.165, 1.54) is 0 Å². The van der Waals surface area contributed by atoms with Crippen LogP contribution in [0.5, 0.6) is 11.5 Å². The summed E-state index contributed by atoms with van der Waals surface area (Å²) < 4.78 is 15.9. The number of nitrogens with zero attached hydrogens (tertiary/aromatic N) is 1. The van der Waals surface area contributed by atoms with Crippen LogP contribution in [-0.2, 0) is 4.74 Å². The molecule has 0 unspecified atom stereocenters. The normalized spacial score (nSPS) is 17.4. The average molecular weight is 292 g/mol. The van der Waals surface area contributed by atoms with Gasteiger partial charge in [-0.2, -0.15) is 0 Å². The van der Waals surface area contributed by atoms with E-state index in [4.69, 9.17) is 14.2 Å². The van der Waals surface area contributed by atoms with Crippen LogP contribution < -0.4 is 14.8 Å². The number of fused-ring (bicyclic) bond motifs is 1. The molecular formula is C15H20N2O4. The zero-order valence-corrected chi connectivity index (χ0v) is 12.5. The molecule has 0 atom stereocenters. The van der Waals surface area contributed by atoms with Crippen LogP contribution in [0.4, 0.5) is 10.5 Å². The number of likely N-dealkylation sites (tertiary alicyclic amines) is 1. The Kier molecular flexibility index (Phi) is 3.31. The van der Waals surface area contributed by atoms with Gasteiger partial charge in [0.15, 0.2) is 11.5 Å². The van der Waals surface area contributed by atoms with Crippen molar-refractivity contribution in [3.63, 3.8) is 0 Å². The lowest BCUT2D eigenvalue weighted by molar-refractivity contribution is 0.0105. The molecule has 0 spiro atoms. The number of anilines is 1. The molecule has 1 amide bonds. The molecule has 0 bridgehead atoms. The van der Waals surface area contributed by atoms with Crippen molar-refractivity contribution in [1.29, 1.82) is 0 Å². The van der Waals surface area contributed by atoms with Crippen LogP contribution in [-0.4, -0.2) is 42.5 Å². The monoisotopic (exact) mass is 292 g/mol. The molecule has 2 aliphatic rings. The Labute approximate surface area is 124 Å². The fraction of sp³-hybridized carbons (Fsp3) is 0.533. The second kappa shape index (κ2) is 5.02. The third-order valence-corrected chi connectivity index (χ3v) is 3.28. The van der Waals surface area contributed by atoms with Crippen molar-refractivity contribution >= 4 is 11.8 Å². The predicted molar refractivity (Wildman–Crippen MR) is 77.8 cm³/mol. The molecule has 0 radical (unpaired) electrons. The average Bonchev–Trinajstić information content (AvgIpc) is 2.77. The zero-order chi connectivity index (χ0) is 15.0. The lowest BCUT2D eigenvalue weighted by Gasteiger charge is -2.40. The Balaban J connectivity index is 1.50. The lowest BCUT2D eigenvalue weighted by atomic mass is 10.1. The Morgan fingerprint density at radius 2 is 2.00 bits per heavy atom. The number of rotatable bonds is 2. The van der Waals surface area contributed by atoms with Gasteiger partial charge < -0.3 is 24.4 Å². The molecular weight excluding hydrogens is 272 g/mol. The number of hydrogen-bond donors (Lipinski definition) is 1. The summed E-state index contributed by atoms with van der Waals surface area (Å²) in [4.78, 5) is 13.5. The van der Waals surface area contributed by atoms with Crippen LogP contribution >= 0.6 is 0 Å². The molecule has 21 heavy (non-hydrogen) atoms. The number of carbonyl (C=O) groups excluding carboxylic acids is 1. The summed E-state index contributed by atoms with van der Waals surface area (Å²) in [5.41, 5.74) is 0.514. The maximum Gasteiger partial charge on any atom is 0.410 e. The van der Waals surface area contributed by atoms with E-state index in [1.54, 1.807) is 4.90 Å². The fourth-order valence-corrected chi connectivity index (χ4v) is 2.27. The van der Waals surface area contributed by atoms with Crippen molar-refractivity contribution in [3.8, 4) is 11.5 Å². The van der Waals surface area contributed by atoms with Crippen molar-refractivity contribution in [2.24, 2.45) is 0 Å². The standard InChI is InChI=1S/C15H20N2O4/c1-15(2,3)21-14(18)17-7-11(8-17)16-10-4-5-12-13(6-10)20-9-19-12/h4-6,11,16H,7-9H2,1-3H3. The Morgan fingerprint density at radius 1 is 1.29 bits per heavy atom. The van der Waals surface area contributed by atoms with Gasteiger partial charge in [0.25, 0.3) is 0 Å². The van der Waals surface area contributed by atoms with E-state index < -0.39 is 5.60 Å². The van der Waals surface area contributed by atoms with E-state index in [-0.39, 0.29) is 18.9 Å². The minimum atomic E-state index is -0.451. The molecule has 6 heteroatoms. The maximum absolute atomic E-state index is 11.8. The Hall–Kier alpha value is -2.11. The first kappa shape index (κ1) is 13.9. The molecule has 2 heterocycles. The highest BCUT2D eigenvalue weighted by molar-refractivity contribution is 5.70. The van der Waals surface area contributed by atoms with E-state index in [1.807, 2.05) is 39.0 Å². The first-order valence-corrected chi connectivity index (χ1v) is 7.05. The van der Waals surface area contributed by atoms with Crippen LogP contribution in [0.25, 0.3) is 0 Å².